The SMILES string of the molecule is COc1ccc(C2CC(=O)Nc3c2cnn3Cc2ccccc2Cl)c(OC)c1OC. The van der Waals surface area contributed by atoms with Crippen LogP contribution in [-0.2, 0) is 11.3 Å². The quantitative estimate of drug-likeness (QED) is 0.641. The second-order valence-corrected chi connectivity index (χ2v) is 7.33. The van der Waals surface area contributed by atoms with Gasteiger partial charge in [-0.25, -0.2) is 4.68 Å². The first-order valence-electron chi connectivity index (χ1n) is 9.45. The van der Waals surface area contributed by atoms with Crippen molar-refractivity contribution < 1.29 is 19.0 Å². The van der Waals surface area contributed by atoms with Crippen LogP contribution < -0.4 is 19.5 Å². The van der Waals surface area contributed by atoms with Gasteiger partial charge in [0.25, 0.3) is 0 Å². The van der Waals surface area contributed by atoms with Crippen LogP contribution in [0, 0.1) is 0 Å². The number of ether oxygens (including phenoxy) is 3. The number of carbonyl (C=O) groups is 1. The molecular weight excluding hydrogens is 406 g/mol. The highest BCUT2D eigenvalue weighted by molar-refractivity contribution is 6.31. The summed E-state index contributed by atoms with van der Waals surface area (Å²) in [4.78, 5) is 12.6. The Kier molecular flexibility index (Phi) is 5.55. The molecule has 0 spiro atoms. The highest BCUT2D eigenvalue weighted by Crippen LogP contribution is 2.47. The predicted molar refractivity (Wildman–Crippen MR) is 114 cm³/mol. The van der Waals surface area contributed by atoms with E-state index >= 15 is 0 Å². The van der Waals surface area contributed by atoms with Crippen LogP contribution in [0.1, 0.15) is 29.0 Å². The molecule has 2 aromatic carbocycles. The van der Waals surface area contributed by atoms with Crippen molar-refractivity contribution in [1.82, 2.24) is 9.78 Å². The Balaban J connectivity index is 1.78. The van der Waals surface area contributed by atoms with Crippen LogP contribution >= 0.6 is 11.6 Å². The van der Waals surface area contributed by atoms with Gasteiger partial charge in [0.15, 0.2) is 11.5 Å². The van der Waals surface area contributed by atoms with Gasteiger partial charge in [-0.2, -0.15) is 5.10 Å². The van der Waals surface area contributed by atoms with Crippen LogP contribution in [0.3, 0.4) is 0 Å². The van der Waals surface area contributed by atoms with E-state index < -0.39 is 0 Å². The van der Waals surface area contributed by atoms with Crippen LogP contribution in [0.4, 0.5) is 5.82 Å². The molecule has 1 N–H and O–H groups in total. The molecule has 0 aliphatic carbocycles. The maximum atomic E-state index is 12.6. The second-order valence-electron chi connectivity index (χ2n) is 6.93. The second kappa shape index (κ2) is 8.28. The first kappa shape index (κ1) is 20.1. The van der Waals surface area contributed by atoms with E-state index in [2.05, 4.69) is 10.4 Å². The molecule has 8 heteroatoms. The number of nitrogens with zero attached hydrogens (tertiary/aromatic N) is 2. The van der Waals surface area contributed by atoms with Gasteiger partial charge in [0.1, 0.15) is 5.82 Å². The van der Waals surface area contributed by atoms with E-state index in [-0.39, 0.29) is 18.2 Å². The molecule has 2 heterocycles. The largest absolute Gasteiger partial charge is 0.493 e. The number of anilines is 1. The Morgan fingerprint density at radius 2 is 1.83 bits per heavy atom. The first-order valence-corrected chi connectivity index (χ1v) is 9.83. The van der Waals surface area contributed by atoms with Crippen molar-refractivity contribution in [3.8, 4) is 17.2 Å². The smallest absolute Gasteiger partial charge is 0.226 e. The summed E-state index contributed by atoms with van der Waals surface area (Å²) in [6.45, 7) is 0.449. The maximum Gasteiger partial charge on any atom is 0.226 e. The maximum absolute atomic E-state index is 12.6. The van der Waals surface area contributed by atoms with Crippen molar-refractivity contribution in [2.45, 2.75) is 18.9 Å². The summed E-state index contributed by atoms with van der Waals surface area (Å²) in [6.07, 6.45) is 2.06. The number of aromatic nitrogens is 2. The van der Waals surface area contributed by atoms with Crippen molar-refractivity contribution >= 4 is 23.3 Å². The molecule has 0 fully saturated rings. The van der Waals surface area contributed by atoms with Crippen LogP contribution in [0.25, 0.3) is 0 Å². The molecule has 1 atom stereocenters. The van der Waals surface area contributed by atoms with Crippen molar-refractivity contribution in [3.63, 3.8) is 0 Å². The van der Waals surface area contributed by atoms with Gasteiger partial charge in [-0.05, 0) is 17.7 Å². The molecule has 4 rings (SSSR count). The summed E-state index contributed by atoms with van der Waals surface area (Å²) in [5.74, 6) is 1.93. The fourth-order valence-electron chi connectivity index (χ4n) is 3.85. The number of benzene rings is 2. The number of rotatable bonds is 6. The number of fused-ring (bicyclic) bond motifs is 1. The highest BCUT2D eigenvalue weighted by Gasteiger charge is 2.33. The Bertz CT molecular complexity index is 1100. The van der Waals surface area contributed by atoms with Crippen LogP contribution in [0.5, 0.6) is 17.2 Å². The topological polar surface area (TPSA) is 74.6 Å². The van der Waals surface area contributed by atoms with E-state index in [9.17, 15) is 4.79 Å². The van der Waals surface area contributed by atoms with Gasteiger partial charge >= 0.3 is 0 Å². The summed E-state index contributed by atoms with van der Waals surface area (Å²) in [5, 5.41) is 8.14. The van der Waals surface area contributed by atoms with Gasteiger partial charge in [0.05, 0.1) is 34.1 Å². The monoisotopic (exact) mass is 427 g/mol. The van der Waals surface area contributed by atoms with Crippen LogP contribution in [0.2, 0.25) is 5.02 Å². The van der Waals surface area contributed by atoms with E-state index in [0.717, 1.165) is 16.7 Å². The molecule has 0 saturated carbocycles. The molecule has 1 amide bonds. The normalized spacial score (nSPS) is 15.3. The van der Waals surface area contributed by atoms with Gasteiger partial charge in [-0.1, -0.05) is 35.9 Å². The Labute approximate surface area is 179 Å². The molecule has 0 radical (unpaired) electrons. The van der Waals surface area contributed by atoms with Gasteiger partial charge in [-0.15, -0.1) is 0 Å². The summed E-state index contributed by atoms with van der Waals surface area (Å²) >= 11 is 6.31. The first-order chi connectivity index (χ1) is 14.6. The third-order valence-corrected chi connectivity index (χ3v) is 5.65. The van der Waals surface area contributed by atoms with Crippen LogP contribution in [0.15, 0.2) is 42.6 Å². The number of methoxy groups -OCH3 is 3. The van der Waals surface area contributed by atoms with Gasteiger partial charge in [0, 0.05) is 28.5 Å². The molecular formula is C22H22ClN3O4. The molecule has 1 aliphatic heterocycles. The number of hydrogen-bond donors (Lipinski definition) is 1. The van der Waals surface area contributed by atoms with E-state index in [1.165, 1.54) is 0 Å². The number of halogens is 1. The van der Waals surface area contributed by atoms with Crippen LogP contribution in [-0.4, -0.2) is 37.0 Å². The summed E-state index contributed by atoms with van der Waals surface area (Å²) < 4.78 is 18.3. The predicted octanol–water partition coefficient (Wildman–Crippen LogP) is 4.08. The van der Waals surface area contributed by atoms with E-state index in [1.807, 2.05) is 36.4 Å². The van der Waals surface area contributed by atoms with Crippen molar-refractivity contribution in [1.29, 1.82) is 0 Å². The number of carbonyl (C=O) groups excluding carboxylic acids is 1. The molecule has 0 saturated heterocycles. The van der Waals surface area contributed by atoms with E-state index in [0.29, 0.717) is 34.6 Å². The molecule has 1 aromatic heterocycles. The fraction of sp³-hybridized carbons (Fsp3) is 0.273. The highest BCUT2D eigenvalue weighted by atomic mass is 35.5. The third kappa shape index (κ3) is 3.45. The van der Waals surface area contributed by atoms with Gasteiger partial charge < -0.3 is 19.5 Å². The number of amides is 1. The Morgan fingerprint density at radius 3 is 2.53 bits per heavy atom. The zero-order valence-electron chi connectivity index (χ0n) is 16.9. The number of hydrogen-bond acceptors (Lipinski definition) is 5. The van der Waals surface area contributed by atoms with Crippen molar-refractivity contribution in [2.24, 2.45) is 0 Å². The third-order valence-electron chi connectivity index (χ3n) is 5.28. The summed E-state index contributed by atoms with van der Waals surface area (Å²) in [6, 6.07) is 11.3. The summed E-state index contributed by atoms with van der Waals surface area (Å²) in [5.41, 5.74) is 2.67. The Hall–Kier alpha value is -3.19. The lowest BCUT2D eigenvalue weighted by Crippen LogP contribution is -2.25. The lowest BCUT2D eigenvalue weighted by molar-refractivity contribution is -0.116. The molecule has 3 aromatic rings. The summed E-state index contributed by atoms with van der Waals surface area (Å²) in [7, 11) is 4.71. The minimum atomic E-state index is -0.233. The molecule has 156 valence electrons. The molecule has 7 nitrogen and oxygen atoms in total. The van der Waals surface area contributed by atoms with Crippen molar-refractivity contribution in [3.05, 3.63) is 64.3 Å². The van der Waals surface area contributed by atoms with E-state index in [4.69, 9.17) is 25.8 Å². The lowest BCUT2D eigenvalue weighted by Gasteiger charge is -2.26. The van der Waals surface area contributed by atoms with Gasteiger partial charge in [-0.3, -0.25) is 4.79 Å². The minimum Gasteiger partial charge on any atom is -0.493 e. The molecule has 1 aliphatic rings. The minimum absolute atomic E-state index is 0.0924. The molecule has 1 unspecified atom stereocenters. The fourth-order valence-corrected chi connectivity index (χ4v) is 4.05. The van der Waals surface area contributed by atoms with E-state index in [1.54, 1.807) is 32.2 Å². The zero-order valence-corrected chi connectivity index (χ0v) is 17.7. The molecule has 30 heavy (non-hydrogen) atoms. The zero-order chi connectivity index (χ0) is 21.3. The van der Waals surface area contributed by atoms with Crippen molar-refractivity contribution in [2.75, 3.05) is 26.6 Å². The average molecular weight is 428 g/mol. The lowest BCUT2D eigenvalue weighted by atomic mass is 9.86. The molecule has 0 bridgehead atoms. The standard InChI is InChI=1S/C22H22ClN3O4/c1-28-18-9-8-14(20(29-2)21(18)30-3)15-10-19(27)25-22-16(15)11-24-26(22)12-13-6-4-5-7-17(13)23/h4-9,11,15H,10,12H2,1-3H3,(H,25,27). The average Bonchev–Trinajstić information content (AvgIpc) is 3.16. The van der Waals surface area contributed by atoms with Gasteiger partial charge in [0.2, 0.25) is 11.7 Å². The number of nitrogens with one attached hydrogen (secondary N) is 1. The Morgan fingerprint density at radius 1 is 1.07 bits per heavy atom.